The normalized spacial score (nSPS) is 16.6. The van der Waals surface area contributed by atoms with E-state index in [2.05, 4.69) is 74.0 Å². The van der Waals surface area contributed by atoms with E-state index in [4.69, 9.17) is 33.2 Å². The van der Waals surface area contributed by atoms with Crippen molar-refractivity contribution in [1.29, 1.82) is 0 Å². The summed E-state index contributed by atoms with van der Waals surface area (Å²) in [6.45, 7) is 19.5. The summed E-state index contributed by atoms with van der Waals surface area (Å²) >= 11 is 17.5. The first-order valence-electron chi connectivity index (χ1n) is 33.2. The first-order chi connectivity index (χ1) is 47.3. The molecule has 6 amide bonds. The first kappa shape index (κ1) is 71.8. The van der Waals surface area contributed by atoms with Gasteiger partial charge in [-0.25, -0.2) is 9.98 Å². The minimum Gasteiger partial charge on any atom is -0.391 e. The van der Waals surface area contributed by atoms with Crippen LogP contribution in [0.2, 0.25) is 10.0 Å². The van der Waals surface area contributed by atoms with E-state index >= 15 is 0 Å². The second kappa shape index (κ2) is 31.0. The number of nitrogens with one attached hydrogen (secondary N) is 3. The van der Waals surface area contributed by atoms with Crippen LogP contribution in [0.25, 0.3) is 20.4 Å². The maximum absolute atomic E-state index is 14.7. The number of aromatic nitrogens is 7. The summed E-state index contributed by atoms with van der Waals surface area (Å²) in [5.41, 5.74) is 10.7. The van der Waals surface area contributed by atoms with Crippen LogP contribution >= 0.6 is 57.2 Å². The van der Waals surface area contributed by atoms with Crippen LogP contribution in [0.3, 0.4) is 0 Å². The van der Waals surface area contributed by atoms with E-state index in [-0.39, 0.29) is 75.3 Å². The van der Waals surface area contributed by atoms with Crippen LogP contribution in [0.1, 0.15) is 168 Å². The molecule has 8 aromatic rings. The fourth-order valence-electron chi connectivity index (χ4n) is 12.6. The molecule has 99 heavy (non-hydrogen) atoms. The van der Waals surface area contributed by atoms with E-state index in [9.17, 15) is 33.9 Å². The second-order valence-electron chi connectivity index (χ2n) is 26.4. The first-order valence-corrected chi connectivity index (χ1v) is 36.5. The Morgan fingerprint density at radius 2 is 1.17 bits per heavy atom. The number of nitrogens with zero attached hydrogens (tertiary/aromatic N) is 12. The van der Waals surface area contributed by atoms with Gasteiger partial charge in [0.05, 0.1) is 46.5 Å². The predicted octanol–water partition coefficient (Wildman–Crippen LogP) is 11.5. The molecule has 3 aromatic carbocycles. The minimum atomic E-state index is -1.04. The van der Waals surface area contributed by atoms with Gasteiger partial charge in [-0.05, 0) is 127 Å². The van der Waals surface area contributed by atoms with Gasteiger partial charge < -0.3 is 30.9 Å². The molecule has 0 unspecified atom stereocenters. The molecular formula is C72H81Cl2N15O7S3. The number of amides is 6. The van der Waals surface area contributed by atoms with Crippen LogP contribution < -0.4 is 16.0 Å². The summed E-state index contributed by atoms with van der Waals surface area (Å²) in [6, 6.07) is 20.4. The third kappa shape index (κ3) is 16.2. The van der Waals surface area contributed by atoms with Gasteiger partial charge in [-0.2, -0.15) is 0 Å². The topological polar surface area (TPSA) is 277 Å². The number of benzene rings is 3. The molecule has 0 aliphatic carbocycles. The summed E-state index contributed by atoms with van der Waals surface area (Å²) in [7, 11) is 0. The molecule has 27 heteroatoms. The average molecular weight is 1440 g/mol. The number of carbonyl (C=O) groups is 6. The van der Waals surface area contributed by atoms with E-state index in [0.29, 0.717) is 72.0 Å². The maximum atomic E-state index is 14.7. The van der Waals surface area contributed by atoms with Gasteiger partial charge in [0.2, 0.25) is 23.6 Å². The highest BCUT2D eigenvalue weighted by molar-refractivity contribution is 7.15. The maximum Gasteiger partial charge on any atom is 0.269 e. The predicted molar refractivity (Wildman–Crippen MR) is 388 cm³/mol. The summed E-state index contributed by atoms with van der Waals surface area (Å²) in [5, 5.41) is 41.0. The van der Waals surface area contributed by atoms with Crippen molar-refractivity contribution in [2.24, 2.45) is 20.4 Å². The fraction of sp³-hybridized carbons (Fsp3) is 0.417. The lowest BCUT2D eigenvalue weighted by atomic mass is 9.88. The Bertz CT molecular complexity index is 4460. The number of aliphatic hydroxyl groups excluding tert-OH is 1. The number of unbranched alkanes of at least 4 members (excludes halogenated alkanes) is 3. The molecule has 0 bridgehead atoms. The lowest BCUT2D eigenvalue weighted by Gasteiger charge is -2.29. The molecule has 22 nitrogen and oxygen atoms in total. The number of halogens is 2. The van der Waals surface area contributed by atoms with Crippen molar-refractivity contribution < 1.29 is 33.9 Å². The fourth-order valence-corrected chi connectivity index (χ4v) is 16.1. The molecule has 1 fully saturated rings. The van der Waals surface area contributed by atoms with Crippen LogP contribution in [-0.2, 0) is 35.3 Å². The van der Waals surface area contributed by atoms with Crippen molar-refractivity contribution in [1.82, 2.24) is 60.3 Å². The molecular weight excluding hydrogens is 1350 g/mol. The molecule has 4 atom stereocenters. The highest BCUT2D eigenvalue weighted by atomic mass is 35.5. The number of carbonyl (C=O) groups excluding carboxylic acids is 6. The zero-order valence-electron chi connectivity index (χ0n) is 57.2. The van der Waals surface area contributed by atoms with Gasteiger partial charge in [0.1, 0.15) is 52.0 Å². The van der Waals surface area contributed by atoms with E-state index in [0.717, 1.165) is 86.3 Å². The van der Waals surface area contributed by atoms with E-state index in [1.54, 1.807) is 60.3 Å². The lowest BCUT2D eigenvalue weighted by molar-refractivity contribution is -0.135. The number of β-amino-alcohol motifs (C(OH)–C–C–N with tert-alkyl or cyclic N) is 1. The van der Waals surface area contributed by atoms with Gasteiger partial charge in [0, 0.05) is 93.0 Å². The van der Waals surface area contributed by atoms with Crippen molar-refractivity contribution in [3.05, 3.63) is 166 Å². The Morgan fingerprint density at radius 3 is 1.68 bits per heavy atom. The number of hydrogen-bond acceptors (Lipinski definition) is 17. The molecule has 5 aromatic heterocycles. The summed E-state index contributed by atoms with van der Waals surface area (Å²) in [6.07, 6.45) is 1.40. The Labute approximate surface area is 597 Å². The van der Waals surface area contributed by atoms with Crippen molar-refractivity contribution >= 4 is 110 Å². The standard InChI is InChI=1S/C72H81Cl2N15O7S3/c1-39-42(4)98-70-60(39)62(47-21-25-50(73)26-22-47)79-53(66-84-82-44(6)88(66)70)33-56(91)75-29-13-11-15-31-86(37-58(93)81-65(72(8,9)10)69(96)87-36-52(90)32-55(87)68(95)77-35-46-17-19-49(20-18-46)64-41(3)78-38-97-64)59(94)16-12-14-30-76-57(92)34-54-67-85-83-45(7)89(67)71-61(40(2)43(5)99-71)63(80-54)48-23-27-51(74)28-24-48/h17-28,38,52-55,90H,11-16,29-37H2,1-10H3,(H,75,91)(H,76,92)(H,77,95)/t52-,53+,54+,55+/m1/s1. The monoisotopic (exact) mass is 1430 g/mol. The molecule has 11 rings (SSSR count). The van der Waals surface area contributed by atoms with E-state index in [1.165, 1.54) is 9.80 Å². The number of aliphatic hydroxyl groups is 1. The molecule has 0 saturated carbocycles. The minimum absolute atomic E-state index is 0.00678. The van der Waals surface area contributed by atoms with E-state index in [1.807, 2.05) is 103 Å². The number of fused-ring (bicyclic) bond motifs is 6. The summed E-state index contributed by atoms with van der Waals surface area (Å²) in [5.74, 6) is -0.209. The lowest BCUT2D eigenvalue weighted by Crippen LogP contribution is -2.50. The van der Waals surface area contributed by atoms with Gasteiger partial charge in [-0.15, -0.1) is 54.4 Å². The Hall–Kier alpha value is -8.46. The second-order valence-corrected chi connectivity index (χ2v) is 30.5. The third-order valence-electron chi connectivity index (χ3n) is 18.1. The van der Waals surface area contributed by atoms with Crippen molar-refractivity contribution in [2.45, 2.75) is 158 Å². The largest absolute Gasteiger partial charge is 0.391 e. The Balaban J connectivity index is 0.742. The number of thiazole rings is 1. The smallest absolute Gasteiger partial charge is 0.269 e. The van der Waals surface area contributed by atoms with Crippen molar-refractivity contribution in [3.63, 3.8) is 0 Å². The summed E-state index contributed by atoms with van der Waals surface area (Å²) < 4.78 is 3.99. The Kier molecular flexibility index (Phi) is 22.5. The van der Waals surface area contributed by atoms with Crippen LogP contribution in [0.5, 0.6) is 0 Å². The molecule has 0 spiro atoms. The zero-order valence-corrected chi connectivity index (χ0v) is 61.1. The van der Waals surface area contributed by atoms with Gasteiger partial charge in [-0.3, -0.25) is 47.9 Å². The van der Waals surface area contributed by atoms with Gasteiger partial charge >= 0.3 is 0 Å². The number of thiophene rings is 2. The number of rotatable bonds is 24. The number of likely N-dealkylation sites (tertiary alicyclic amines) is 1. The number of aryl methyl sites for hydroxylation is 5. The summed E-state index contributed by atoms with van der Waals surface area (Å²) in [4.78, 5) is 110. The molecule has 518 valence electrons. The Morgan fingerprint density at radius 1 is 0.657 bits per heavy atom. The van der Waals surface area contributed by atoms with Gasteiger partial charge in [0.25, 0.3) is 11.8 Å². The molecule has 1 saturated heterocycles. The highest BCUT2D eigenvalue weighted by Crippen LogP contribution is 2.42. The van der Waals surface area contributed by atoms with Crippen LogP contribution in [0, 0.1) is 53.9 Å². The quantitative estimate of drug-likeness (QED) is 0.0325. The van der Waals surface area contributed by atoms with Crippen LogP contribution in [-0.4, -0.2) is 147 Å². The van der Waals surface area contributed by atoms with E-state index < -0.39 is 53.9 Å². The van der Waals surface area contributed by atoms with Crippen LogP contribution in [0.15, 0.2) is 93.3 Å². The van der Waals surface area contributed by atoms with Gasteiger partial charge in [0.15, 0.2) is 11.6 Å². The average Bonchev–Trinajstić information content (AvgIpc) is 1.60. The zero-order chi connectivity index (χ0) is 70.6. The van der Waals surface area contributed by atoms with Crippen molar-refractivity contribution in [2.75, 3.05) is 32.7 Å². The molecule has 3 aliphatic heterocycles. The van der Waals surface area contributed by atoms with Crippen molar-refractivity contribution in [3.8, 4) is 20.4 Å². The molecule has 4 N–H and O–H groups in total. The molecule has 0 radical (unpaired) electrons. The molecule has 8 heterocycles. The number of aliphatic imine (C=N–C) groups is 3. The SMILES string of the molecule is Cc1ncsc1-c1ccc(CNC(=O)[C@@H]2C[C@@H](O)CN2C(=O)C(=NC(=O)CN(CCCCCNC(=O)C[C@@H]2N=C(c3ccc(Cl)cc3)c3c(sc(C)c3C)-n3c(C)nnc32)C(=O)CCCCNC(=O)C[C@@H]2N=C(c3ccc(Cl)cc3)c3c(sc(C)c3C)-n3c(C)nnc32)C(C)(C)C)cc1. The van der Waals surface area contributed by atoms with Gasteiger partial charge in [-0.1, -0.05) is 92.5 Å². The number of hydrogen-bond donors (Lipinski definition) is 4. The third-order valence-corrected chi connectivity index (χ3v) is 22.0. The highest BCUT2D eigenvalue weighted by Gasteiger charge is 2.43. The molecule has 3 aliphatic rings. The van der Waals surface area contributed by atoms with Crippen LogP contribution in [0.4, 0.5) is 0 Å².